The molecular formula is C10H17N3. The van der Waals surface area contributed by atoms with Crippen LogP contribution < -0.4 is 0 Å². The summed E-state index contributed by atoms with van der Waals surface area (Å²) in [5.41, 5.74) is 0.254. The SMILES string of the molecule is CCc1nc(C2(C)CCCC2)n[nH]1. The van der Waals surface area contributed by atoms with Crippen LogP contribution in [-0.2, 0) is 11.8 Å². The van der Waals surface area contributed by atoms with Gasteiger partial charge < -0.3 is 0 Å². The zero-order valence-corrected chi connectivity index (χ0v) is 8.43. The van der Waals surface area contributed by atoms with Crippen molar-refractivity contribution in [3.8, 4) is 0 Å². The maximum absolute atomic E-state index is 4.52. The molecule has 3 nitrogen and oxygen atoms in total. The van der Waals surface area contributed by atoms with Gasteiger partial charge in [0, 0.05) is 11.8 Å². The maximum atomic E-state index is 4.52. The summed E-state index contributed by atoms with van der Waals surface area (Å²) in [5.74, 6) is 2.05. The number of rotatable bonds is 2. The second-order valence-corrected chi connectivity index (χ2v) is 4.23. The Morgan fingerprint density at radius 2 is 2.08 bits per heavy atom. The molecule has 1 heterocycles. The van der Waals surface area contributed by atoms with Crippen molar-refractivity contribution in [3.63, 3.8) is 0 Å². The summed E-state index contributed by atoms with van der Waals surface area (Å²) in [4.78, 5) is 4.52. The molecule has 1 aliphatic rings. The van der Waals surface area contributed by atoms with Crippen LogP contribution in [0.25, 0.3) is 0 Å². The van der Waals surface area contributed by atoms with Crippen molar-refractivity contribution >= 4 is 0 Å². The summed E-state index contributed by atoms with van der Waals surface area (Å²) in [6.45, 7) is 4.38. The van der Waals surface area contributed by atoms with Crippen molar-refractivity contribution < 1.29 is 0 Å². The summed E-state index contributed by atoms with van der Waals surface area (Å²) in [5, 5.41) is 7.30. The molecule has 0 atom stereocenters. The molecule has 1 N–H and O–H groups in total. The Bertz CT molecular complexity index is 284. The van der Waals surface area contributed by atoms with E-state index in [1.54, 1.807) is 0 Å². The largest absolute Gasteiger partial charge is 0.263 e. The molecule has 0 saturated heterocycles. The first-order chi connectivity index (χ1) is 6.24. The topological polar surface area (TPSA) is 41.6 Å². The third-order valence-corrected chi connectivity index (χ3v) is 3.11. The Balaban J connectivity index is 2.23. The molecule has 0 aliphatic heterocycles. The van der Waals surface area contributed by atoms with Gasteiger partial charge in [-0.1, -0.05) is 26.7 Å². The van der Waals surface area contributed by atoms with E-state index >= 15 is 0 Å². The van der Waals surface area contributed by atoms with Gasteiger partial charge in [0.1, 0.15) is 5.82 Å². The van der Waals surface area contributed by atoms with Crippen LogP contribution in [0, 0.1) is 0 Å². The standard InChI is InChI=1S/C10H17N3/c1-3-8-11-9(13-12-8)10(2)6-4-5-7-10/h3-7H2,1-2H3,(H,11,12,13). The first-order valence-corrected chi connectivity index (χ1v) is 5.16. The number of H-pyrrole nitrogens is 1. The highest BCUT2D eigenvalue weighted by Gasteiger charge is 2.34. The van der Waals surface area contributed by atoms with Crippen molar-refractivity contribution in [2.75, 3.05) is 0 Å². The van der Waals surface area contributed by atoms with E-state index in [1.165, 1.54) is 25.7 Å². The zero-order valence-electron chi connectivity index (χ0n) is 8.43. The molecule has 0 amide bonds. The summed E-state index contributed by atoms with van der Waals surface area (Å²) in [7, 11) is 0. The van der Waals surface area contributed by atoms with Crippen LogP contribution in [0.4, 0.5) is 0 Å². The van der Waals surface area contributed by atoms with E-state index in [1.807, 2.05) is 0 Å². The predicted molar refractivity (Wildman–Crippen MR) is 51.6 cm³/mol. The number of aromatic amines is 1. The highest BCUT2D eigenvalue weighted by atomic mass is 15.2. The molecule has 0 radical (unpaired) electrons. The van der Waals surface area contributed by atoms with Crippen molar-refractivity contribution in [2.24, 2.45) is 0 Å². The first kappa shape index (κ1) is 8.73. The minimum absolute atomic E-state index is 0.254. The molecule has 1 aromatic rings. The van der Waals surface area contributed by atoms with E-state index in [0.717, 1.165) is 18.1 Å². The Kier molecular flexibility index (Phi) is 2.10. The fourth-order valence-electron chi connectivity index (χ4n) is 2.10. The van der Waals surface area contributed by atoms with Gasteiger partial charge in [0.15, 0.2) is 5.82 Å². The lowest BCUT2D eigenvalue weighted by molar-refractivity contribution is 0.460. The van der Waals surface area contributed by atoms with Crippen LogP contribution in [0.15, 0.2) is 0 Å². The lowest BCUT2D eigenvalue weighted by Gasteiger charge is -2.18. The average molecular weight is 179 g/mol. The van der Waals surface area contributed by atoms with Crippen LogP contribution >= 0.6 is 0 Å². The first-order valence-electron chi connectivity index (χ1n) is 5.16. The number of nitrogens with zero attached hydrogens (tertiary/aromatic N) is 2. The van der Waals surface area contributed by atoms with E-state index in [2.05, 4.69) is 29.0 Å². The lowest BCUT2D eigenvalue weighted by Crippen LogP contribution is -2.18. The molecule has 0 aromatic carbocycles. The molecule has 0 unspecified atom stereocenters. The highest BCUT2D eigenvalue weighted by molar-refractivity contribution is 5.08. The van der Waals surface area contributed by atoms with E-state index in [4.69, 9.17) is 0 Å². The van der Waals surface area contributed by atoms with Gasteiger partial charge in [-0.2, -0.15) is 5.10 Å². The minimum atomic E-state index is 0.254. The van der Waals surface area contributed by atoms with Gasteiger partial charge in [-0.3, -0.25) is 5.10 Å². The quantitative estimate of drug-likeness (QED) is 0.756. The molecule has 0 spiro atoms. The van der Waals surface area contributed by atoms with Crippen molar-refractivity contribution in [1.29, 1.82) is 0 Å². The summed E-state index contributed by atoms with van der Waals surface area (Å²) in [6, 6.07) is 0. The number of nitrogens with one attached hydrogen (secondary N) is 1. The molecule has 1 fully saturated rings. The van der Waals surface area contributed by atoms with Crippen LogP contribution in [0.5, 0.6) is 0 Å². The summed E-state index contributed by atoms with van der Waals surface area (Å²) >= 11 is 0. The van der Waals surface area contributed by atoms with E-state index in [0.29, 0.717) is 0 Å². The van der Waals surface area contributed by atoms with Gasteiger partial charge in [0.25, 0.3) is 0 Å². The van der Waals surface area contributed by atoms with E-state index < -0.39 is 0 Å². The molecular weight excluding hydrogens is 162 g/mol. The number of aryl methyl sites for hydroxylation is 1. The van der Waals surface area contributed by atoms with Crippen molar-refractivity contribution in [3.05, 3.63) is 11.6 Å². The molecule has 13 heavy (non-hydrogen) atoms. The molecule has 3 heteroatoms. The van der Waals surface area contributed by atoms with Gasteiger partial charge >= 0.3 is 0 Å². The normalized spacial score (nSPS) is 20.8. The Hall–Kier alpha value is -0.860. The van der Waals surface area contributed by atoms with Crippen molar-refractivity contribution in [1.82, 2.24) is 15.2 Å². The Morgan fingerprint density at radius 1 is 1.38 bits per heavy atom. The van der Waals surface area contributed by atoms with Gasteiger partial charge in [0.2, 0.25) is 0 Å². The molecule has 2 rings (SSSR count). The van der Waals surface area contributed by atoms with E-state index in [-0.39, 0.29) is 5.41 Å². The summed E-state index contributed by atoms with van der Waals surface area (Å²) < 4.78 is 0. The molecule has 1 aromatic heterocycles. The van der Waals surface area contributed by atoms with Gasteiger partial charge in [-0.15, -0.1) is 0 Å². The monoisotopic (exact) mass is 179 g/mol. The number of hydrogen-bond acceptors (Lipinski definition) is 2. The molecule has 72 valence electrons. The second-order valence-electron chi connectivity index (χ2n) is 4.23. The minimum Gasteiger partial charge on any atom is -0.263 e. The number of hydrogen-bond donors (Lipinski definition) is 1. The van der Waals surface area contributed by atoms with Gasteiger partial charge in [-0.05, 0) is 12.8 Å². The van der Waals surface area contributed by atoms with Crippen LogP contribution in [-0.4, -0.2) is 15.2 Å². The number of aromatic nitrogens is 3. The summed E-state index contributed by atoms with van der Waals surface area (Å²) in [6.07, 6.45) is 6.09. The van der Waals surface area contributed by atoms with E-state index in [9.17, 15) is 0 Å². The van der Waals surface area contributed by atoms with Gasteiger partial charge in [-0.25, -0.2) is 4.98 Å². The molecule has 0 bridgehead atoms. The maximum Gasteiger partial charge on any atom is 0.156 e. The zero-order chi connectivity index (χ0) is 9.31. The predicted octanol–water partition coefficient (Wildman–Crippen LogP) is 2.20. The van der Waals surface area contributed by atoms with Crippen LogP contribution in [0.3, 0.4) is 0 Å². The molecule has 1 saturated carbocycles. The van der Waals surface area contributed by atoms with Crippen LogP contribution in [0.1, 0.15) is 51.2 Å². The average Bonchev–Trinajstić information content (AvgIpc) is 2.72. The van der Waals surface area contributed by atoms with Crippen LogP contribution in [0.2, 0.25) is 0 Å². The lowest BCUT2D eigenvalue weighted by atomic mass is 9.88. The smallest absolute Gasteiger partial charge is 0.156 e. The second kappa shape index (κ2) is 3.13. The highest BCUT2D eigenvalue weighted by Crippen LogP contribution is 2.38. The van der Waals surface area contributed by atoms with Crippen molar-refractivity contribution in [2.45, 2.75) is 51.4 Å². The van der Waals surface area contributed by atoms with Gasteiger partial charge in [0.05, 0.1) is 0 Å². The molecule has 1 aliphatic carbocycles. The fraction of sp³-hybridized carbons (Fsp3) is 0.800. The third kappa shape index (κ3) is 1.47. The fourth-order valence-corrected chi connectivity index (χ4v) is 2.10. The third-order valence-electron chi connectivity index (χ3n) is 3.11. The Labute approximate surface area is 79.0 Å². The Morgan fingerprint density at radius 3 is 2.62 bits per heavy atom.